The molecule has 0 aromatic heterocycles. The second-order valence-electron chi connectivity index (χ2n) is 13.0. The van der Waals surface area contributed by atoms with Crippen molar-refractivity contribution in [3.63, 3.8) is 0 Å². The number of carbonyl (C=O) groups excluding carboxylic acids is 4. The van der Waals surface area contributed by atoms with E-state index in [-0.39, 0.29) is 61.6 Å². The van der Waals surface area contributed by atoms with Gasteiger partial charge < -0.3 is 40.5 Å². The number of phenolic OH excluding ortho intramolecular Hbond substituents is 1. The van der Waals surface area contributed by atoms with Crippen LogP contribution in [-0.4, -0.2) is 95.2 Å². The van der Waals surface area contributed by atoms with Crippen molar-refractivity contribution in [3.8, 4) is 17.2 Å². The Kier molecular flexibility index (Phi) is 7.80. The zero-order valence-electron chi connectivity index (χ0n) is 26.5. The van der Waals surface area contributed by atoms with Gasteiger partial charge in [0.05, 0.1) is 11.6 Å². The maximum absolute atomic E-state index is 14.2. The molecular formula is C34H37N3O10. The minimum Gasteiger partial charge on any atom is -0.508 e. The number of ether oxygens (including phenoxy) is 2. The Hall–Kier alpha value is -4.88. The standard InChI is InChI=1S/C34H37N3O10/c1-36(2)21-13-16(6-7-18(38)9-15-5-8-22-23(10-15)47-14-46-22)28(39)25-19(21)11-17-12-20-27(37(3)4)30(41)26(33(35)44)32(43)34(20,45)31(42)24(17)29(25)40/h5,8,10,13,17,20,27,39-40,43,45H,6-7,9,11-12,14H2,1-4H3,(H2,35,44). The fourth-order valence-electron chi connectivity index (χ4n) is 7.58. The SMILES string of the molecule is CN(C)c1cc(CCC(=O)Cc2ccc3c(c2)OCO3)c(O)c2c1CC1CC3C(N(C)C)C(=O)C(C(N)=O)=C(O)C3(O)C(=O)C1=C2O. The second kappa shape index (κ2) is 11.4. The number of aromatic hydroxyl groups is 1. The highest BCUT2D eigenvalue weighted by Gasteiger charge is 2.64. The number of aliphatic hydroxyl groups excluding tert-OH is 2. The first-order chi connectivity index (χ1) is 22.2. The molecule has 0 bridgehead atoms. The van der Waals surface area contributed by atoms with Gasteiger partial charge in [-0.25, -0.2) is 0 Å². The van der Waals surface area contributed by atoms with Crippen molar-refractivity contribution < 1.29 is 49.1 Å². The van der Waals surface area contributed by atoms with Gasteiger partial charge in [-0.15, -0.1) is 0 Å². The number of aryl methyl sites for hydroxylation is 1. The molecule has 2 aromatic rings. The lowest BCUT2D eigenvalue weighted by molar-refractivity contribution is -0.153. The summed E-state index contributed by atoms with van der Waals surface area (Å²) in [7, 11) is 6.69. The lowest BCUT2D eigenvalue weighted by Crippen LogP contribution is -2.65. The number of carbonyl (C=O) groups is 4. The number of likely N-dealkylation sites (N-methyl/N-ethyl adjacent to an activating group) is 1. The van der Waals surface area contributed by atoms with E-state index in [4.69, 9.17) is 15.2 Å². The molecule has 248 valence electrons. The maximum atomic E-state index is 14.2. The van der Waals surface area contributed by atoms with Crippen LogP contribution in [0.4, 0.5) is 5.69 Å². The molecule has 4 atom stereocenters. The van der Waals surface area contributed by atoms with Crippen LogP contribution in [0.15, 0.2) is 41.2 Å². The quantitative estimate of drug-likeness (QED) is 0.259. The van der Waals surface area contributed by atoms with Gasteiger partial charge in [0.1, 0.15) is 28.6 Å². The predicted molar refractivity (Wildman–Crippen MR) is 168 cm³/mol. The zero-order valence-corrected chi connectivity index (χ0v) is 26.5. The van der Waals surface area contributed by atoms with E-state index in [0.29, 0.717) is 28.3 Å². The Morgan fingerprint density at radius 3 is 2.40 bits per heavy atom. The number of phenols is 1. The van der Waals surface area contributed by atoms with E-state index in [1.54, 1.807) is 57.4 Å². The average molecular weight is 648 g/mol. The summed E-state index contributed by atoms with van der Waals surface area (Å²) in [6, 6.07) is 5.88. The number of aliphatic hydroxyl groups is 3. The molecule has 4 unspecified atom stereocenters. The highest BCUT2D eigenvalue weighted by Crippen LogP contribution is 2.54. The van der Waals surface area contributed by atoms with E-state index in [1.807, 2.05) is 0 Å². The maximum Gasteiger partial charge on any atom is 0.255 e. The highest BCUT2D eigenvalue weighted by atomic mass is 16.7. The number of ketones is 3. The number of rotatable bonds is 8. The zero-order chi connectivity index (χ0) is 34.1. The Labute approximate surface area is 270 Å². The minimum atomic E-state index is -2.72. The number of hydrogen-bond acceptors (Lipinski definition) is 12. The van der Waals surface area contributed by atoms with Crippen LogP contribution < -0.4 is 20.1 Å². The highest BCUT2D eigenvalue weighted by molar-refractivity contribution is 6.24. The van der Waals surface area contributed by atoms with Gasteiger partial charge in [-0.1, -0.05) is 6.07 Å². The van der Waals surface area contributed by atoms with Crippen LogP contribution in [-0.2, 0) is 38.4 Å². The van der Waals surface area contributed by atoms with Crippen molar-refractivity contribution in [2.45, 2.75) is 43.7 Å². The Bertz CT molecular complexity index is 1810. The third-order valence-corrected chi connectivity index (χ3v) is 9.77. The summed E-state index contributed by atoms with van der Waals surface area (Å²) in [5.41, 5.74) is 3.90. The summed E-state index contributed by atoms with van der Waals surface area (Å²) in [6.45, 7) is 0.121. The lowest BCUT2D eigenvalue weighted by atomic mass is 9.57. The van der Waals surface area contributed by atoms with Crippen molar-refractivity contribution in [1.82, 2.24) is 4.90 Å². The van der Waals surface area contributed by atoms with Crippen molar-refractivity contribution in [1.29, 1.82) is 0 Å². The van der Waals surface area contributed by atoms with Crippen LogP contribution in [0.5, 0.6) is 17.2 Å². The van der Waals surface area contributed by atoms with E-state index >= 15 is 0 Å². The molecule has 6 N–H and O–H groups in total. The first-order valence-electron chi connectivity index (χ1n) is 15.3. The summed E-state index contributed by atoms with van der Waals surface area (Å²) < 4.78 is 10.7. The number of amides is 1. The van der Waals surface area contributed by atoms with Crippen molar-refractivity contribution >= 4 is 34.7 Å². The van der Waals surface area contributed by atoms with Gasteiger partial charge in [-0.05, 0) is 74.2 Å². The number of benzene rings is 2. The molecule has 1 heterocycles. The lowest BCUT2D eigenvalue weighted by Gasteiger charge is -2.50. The van der Waals surface area contributed by atoms with Gasteiger partial charge in [0.25, 0.3) is 5.91 Å². The Morgan fingerprint density at radius 2 is 1.74 bits per heavy atom. The number of primary amides is 1. The molecule has 1 aliphatic heterocycles. The van der Waals surface area contributed by atoms with Gasteiger partial charge in [-0.3, -0.25) is 24.1 Å². The molecule has 47 heavy (non-hydrogen) atoms. The summed E-state index contributed by atoms with van der Waals surface area (Å²) in [6.07, 6.45) is 0.499. The predicted octanol–water partition coefficient (Wildman–Crippen LogP) is 1.50. The molecule has 1 saturated carbocycles. The van der Waals surface area contributed by atoms with E-state index in [1.165, 1.54) is 4.90 Å². The Morgan fingerprint density at radius 1 is 1.04 bits per heavy atom. The minimum absolute atomic E-state index is 0.00446. The second-order valence-corrected chi connectivity index (χ2v) is 13.0. The fourth-order valence-corrected chi connectivity index (χ4v) is 7.58. The number of hydrogen-bond donors (Lipinski definition) is 5. The fraction of sp³-hybridized carbons (Fsp3) is 0.412. The van der Waals surface area contributed by atoms with Gasteiger partial charge in [0.2, 0.25) is 12.6 Å². The molecule has 1 fully saturated rings. The normalized spacial score (nSPS) is 24.7. The topological polar surface area (TPSA) is 200 Å². The van der Waals surface area contributed by atoms with Crippen LogP contribution in [0.3, 0.4) is 0 Å². The number of fused-ring (bicyclic) bond motifs is 4. The van der Waals surface area contributed by atoms with E-state index in [0.717, 1.165) is 5.56 Å². The molecular weight excluding hydrogens is 610 g/mol. The molecule has 1 amide bonds. The third kappa shape index (κ3) is 4.92. The van der Waals surface area contributed by atoms with E-state index < -0.39 is 58.0 Å². The van der Waals surface area contributed by atoms with E-state index in [2.05, 4.69) is 0 Å². The average Bonchev–Trinajstić information content (AvgIpc) is 3.46. The smallest absolute Gasteiger partial charge is 0.255 e. The van der Waals surface area contributed by atoms with Crippen LogP contribution in [0.25, 0.3) is 5.76 Å². The van der Waals surface area contributed by atoms with Gasteiger partial charge in [-0.2, -0.15) is 0 Å². The number of nitrogens with two attached hydrogens (primary N) is 1. The first kappa shape index (κ1) is 32.1. The van der Waals surface area contributed by atoms with Gasteiger partial charge >= 0.3 is 0 Å². The molecule has 6 rings (SSSR count). The van der Waals surface area contributed by atoms with Crippen LogP contribution in [0.1, 0.15) is 35.1 Å². The molecule has 2 aromatic carbocycles. The van der Waals surface area contributed by atoms with Crippen molar-refractivity contribution in [3.05, 3.63) is 63.4 Å². The molecule has 0 spiro atoms. The summed E-state index contributed by atoms with van der Waals surface area (Å²) in [5.74, 6) is -5.96. The van der Waals surface area contributed by atoms with Crippen molar-refractivity contribution in [2.75, 3.05) is 39.9 Å². The number of anilines is 1. The Balaban J connectivity index is 1.37. The third-order valence-electron chi connectivity index (χ3n) is 9.77. The molecule has 3 aliphatic carbocycles. The molecule has 0 saturated heterocycles. The molecule has 4 aliphatic rings. The van der Waals surface area contributed by atoms with Crippen molar-refractivity contribution in [2.24, 2.45) is 17.6 Å². The molecule has 13 heteroatoms. The van der Waals surface area contributed by atoms with E-state index in [9.17, 15) is 39.6 Å². The largest absolute Gasteiger partial charge is 0.508 e. The van der Waals surface area contributed by atoms with Gasteiger partial charge in [0, 0.05) is 44.1 Å². The van der Waals surface area contributed by atoms with Crippen LogP contribution >= 0.6 is 0 Å². The molecule has 0 radical (unpaired) electrons. The number of nitrogens with zero attached hydrogens (tertiary/aromatic N) is 2. The van der Waals surface area contributed by atoms with Gasteiger partial charge in [0.15, 0.2) is 22.9 Å². The van der Waals surface area contributed by atoms with Crippen LogP contribution in [0.2, 0.25) is 0 Å². The molecule has 13 nitrogen and oxygen atoms in total. The summed E-state index contributed by atoms with van der Waals surface area (Å²) in [5, 5.41) is 46.1. The summed E-state index contributed by atoms with van der Waals surface area (Å²) >= 11 is 0. The summed E-state index contributed by atoms with van der Waals surface area (Å²) in [4.78, 5) is 56.0. The van der Waals surface area contributed by atoms with Crippen LogP contribution in [0, 0.1) is 11.8 Å². The monoisotopic (exact) mass is 647 g/mol. The first-order valence-corrected chi connectivity index (χ1v) is 15.3. The number of Topliss-reactive ketones (excluding diaryl/α,β-unsaturated/α-hetero) is 3.